The van der Waals surface area contributed by atoms with Crippen LogP contribution in [0.5, 0.6) is 5.75 Å². The van der Waals surface area contributed by atoms with Gasteiger partial charge in [-0.1, -0.05) is 0 Å². The summed E-state index contributed by atoms with van der Waals surface area (Å²) >= 11 is 1.36. The number of aryl methyl sites for hydroxylation is 1. The van der Waals surface area contributed by atoms with E-state index in [4.69, 9.17) is 4.74 Å². The predicted octanol–water partition coefficient (Wildman–Crippen LogP) is 4.43. The Morgan fingerprint density at radius 1 is 1.27 bits per heavy atom. The number of benzene rings is 1. The number of carbonyl (C=O) groups excluding carboxylic acids is 1. The Bertz CT molecular complexity index is 1300. The summed E-state index contributed by atoms with van der Waals surface area (Å²) in [7, 11) is 1.41. The van der Waals surface area contributed by atoms with E-state index in [2.05, 4.69) is 0 Å². The summed E-state index contributed by atoms with van der Waals surface area (Å²) in [6.07, 6.45) is 5.06. The molecule has 1 saturated carbocycles. The molecule has 0 radical (unpaired) electrons. The average molecular weight is 427 g/mol. The van der Waals surface area contributed by atoms with Crippen molar-refractivity contribution in [3.63, 3.8) is 0 Å². The highest BCUT2D eigenvalue weighted by atomic mass is 32.1. The van der Waals surface area contributed by atoms with Crippen molar-refractivity contribution in [1.82, 2.24) is 4.57 Å². The average Bonchev–Trinajstić information content (AvgIpc) is 3.46. The number of hydrogen-bond acceptors (Lipinski definition) is 5. The number of pyridine rings is 1. The molecule has 0 bridgehead atoms. The minimum Gasteiger partial charge on any atom is -0.494 e. The van der Waals surface area contributed by atoms with Crippen LogP contribution in [0.1, 0.15) is 57.3 Å². The lowest BCUT2D eigenvalue weighted by Crippen LogP contribution is -2.19. The molecule has 0 saturated heterocycles. The van der Waals surface area contributed by atoms with Gasteiger partial charge < -0.3 is 14.4 Å². The van der Waals surface area contributed by atoms with Crippen molar-refractivity contribution in [2.24, 2.45) is 0 Å². The van der Waals surface area contributed by atoms with Crippen LogP contribution in [0.4, 0.5) is 4.39 Å². The normalized spacial score (nSPS) is 16.0. The predicted molar refractivity (Wildman–Crippen MR) is 111 cm³/mol. The highest BCUT2D eigenvalue weighted by Gasteiger charge is 2.31. The number of carbonyl (C=O) groups is 2. The molecule has 5 rings (SSSR count). The van der Waals surface area contributed by atoms with Crippen LogP contribution in [0.15, 0.2) is 23.1 Å². The molecule has 1 fully saturated rings. The standard InChI is InChI=1S/C22H18FNO5S/c1-29-21-18(17-8-11-15(25)3-2-4-16(11)30-17)14(23)7-12-19(21)24(10-5-6-10)9-13(20(12)26)22(27)28/h7-10H,2-6H2,1H3,(H,27,28). The highest BCUT2D eigenvalue weighted by Crippen LogP contribution is 2.46. The topological polar surface area (TPSA) is 85.6 Å². The molecule has 2 aromatic heterocycles. The van der Waals surface area contributed by atoms with Crippen LogP contribution < -0.4 is 10.2 Å². The molecule has 3 aromatic rings. The summed E-state index contributed by atoms with van der Waals surface area (Å²) in [6.45, 7) is 0. The minimum absolute atomic E-state index is 0.0164. The van der Waals surface area contributed by atoms with Crippen LogP contribution in [0, 0.1) is 5.82 Å². The van der Waals surface area contributed by atoms with E-state index in [9.17, 15) is 19.5 Å². The van der Waals surface area contributed by atoms with E-state index in [1.807, 2.05) is 0 Å². The van der Waals surface area contributed by atoms with Gasteiger partial charge >= 0.3 is 5.97 Å². The van der Waals surface area contributed by atoms with Crippen LogP contribution in [-0.4, -0.2) is 28.5 Å². The van der Waals surface area contributed by atoms with Crippen LogP contribution in [0.2, 0.25) is 0 Å². The molecular formula is C22H18FNO5S. The molecule has 30 heavy (non-hydrogen) atoms. The highest BCUT2D eigenvalue weighted by molar-refractivity contribution is 7.16. The molecule has 1 N–H and O–H groups in total. The van der Waals surface area contributed by atoms with Gasteiger partial charge in [0.05, 0.1) is 23.6 Å². The van der Waals surface area contributed by atoms with E-state index in [1.165, 1.54) is 24.6 Å². The number of ether oxygens (including phenoxy) is 1. The Kier molecular flexibility index (Phi) is 4.28. The van der Waals surface area contributed by atoms with Crippen molar-refractivity contribution in [3.8, 4) is 16.2 Å². The van der Waals surface area contributed by atoms with Gasteiger partial charge in [0.1, 0.15) is 11.4 Å². The second-order valence-corrected chi connectivity index (χ2v) is 8.84. The van der Waals surface area contributed by atoms with Crippen molar-refractivity contribution in [2.75, 3.05) is 7.11 Å². The van der Waals surface area contributed by atoms with Crippen molar-refractivity contribution < 1.29 is 23.8 Å². The Hall–Kier alpha value is -3.00. The number of rotatable bonds is 4. The third-order valence-corrected chi connectivity index (χ3v) is 6.97. The van der Waals surface area contributed by atoms with Gasteiger partial charge in [0.2, 0.25) is 5.43 Å². The lowest BCUT2D eigenvalue weighted by molar-refractivity contribution is 0.0694. The number of fused-ring (bicyclic) bond motifs is 2. The minimum atomic E-state index is -1.34. The van der Waals surface area contributed by atoms with E-state index in [1.54, 1.807) is 10.6 Å². The smallest absolute Gasteiger partial charge is 0.341 e. The van der Waals surface area contributed by atoms with Crippen LogP contribution >= 0.6 is 11.3 Å². The Morgan fingerprint density at radius 3 is 2.67 bits per heavy atom. The zero-order valence-electron chi connectivity index (χ0n) is 16.2. The van der Waals surface area contributed by atoms with Crippen molar-refractivity contribution >= 4 is 34.0 Å². The first-order valence-corrected chi connectivity index (χ1v) is 10.6. The summed E-state index contributed by atoms with van der Waals surface area (Å²) < 4.78 is 22.6. The van der Waals surface area contributed by atoms with Gasteiger partial charge in [-0.2, -0.15) is 0 Å². The van der Waals surface area contributed by atoms with Crippen molar-refractivity contribution in [3.05, 3.63) is 50.4 Å². The van der Waals surface area contributed by atoms with Gasteiger partial charge in [0.25, 0.3) is 0 Å². The molecule has 154 valence electrons. The van der Waals surface area contributed by atoms with Crippen molar-refractivity contribution in [2.45, 2.75) is 38.1 Å². The number of hydrogen-bond donors (Lipinski definition) is 1. The largest absolute Gasteiger partial charge is 0.494 e. The Labute approximate surface area is 174 Å². The van der Waals surface area contributed by atoms with E-state index in [0.717, 1.165) is 36.6 Å². The number of aromatic nitrogens is 1. The number of Topliss-reactive ketones (excluding diaryl/α,β-unsaturated/α-hetero) is 1. The molecule has 0 unspecified atom stereocenters. The van der Waals surface area contributed by atoms with E-state index in [0.29, 0.717) is 22.4 Å². The molecule has 8 heteroatoms. The zero-order chi connectivity index (χ0) is 21.2. The lowest BCUT2D eigenvalue weighted by Gasteiger charge is -2.17. The number of methoxy groups -OCH3 is 1. The van der Waals surface area contributed by atoms with Crippen LogP contribution in [0.3, 0.4) is 0 Å². The lowest BCUT2D eigenvalue weighted by atomic mass is 9.97. The molecule has 2 aliphatic rings. The summed E-state index contributed by atoms with van der Waals surface area (Å²) in [5.41, 5.74) is 0.0985. The SMILES string of the molecule is COc1c(-c2cc3c(s2)CCCC3=O)c(F)cc2c(=O)c(C(=O)O)cn(C3CC3)c12. The van der Waals surface area contributed by atoms with E-state index >= 15 is 4.39 Å². The number of nitrogens with zero attached hydrogens (tertiary/aromatic N) is 1. The maximum atomic E-state index is 15.3. The summed E-state index contributed by atoms with van der Waals surface area (Å²) in [4.78, 5) is 38.1. The van der Waals surface area contributed by atoms with Gasteiger partial charge in [-0.3, -0.25) is 9.59 Å². The van der Waals surface area contributed by atoms with E-state index in [-0.39, 0.29) is 34.1 Å². The van der Waals surface area contributed by atoms with Gasteiger partial charge in [-0.05, 0) is 37.8 Å². The van der Waals surface area contributed by atoms with Gasteiger partial charge in [0, 0.05) is 34.0 Å². The molecule has 1 aromatic carbocycles. The summed E-state index contributed by atoms with van der Waals surface area (Å²) in [6, 6.07) is 2.84. The Morgan fingerprint density at radius 2 is 2.03 bits per heavy atom. The molecule has 0 amide bonds. The molecule has 0 spiro atoms. The van der Waals surface area contributed by atoms with Crippen molar-refractivity contribution in [1.29, 1.82) is 0 Å². The number of thiophene rings is 1. The molecule has 2 heterocycles. The van der Waals surface area contributed by atoms with Gasteiger partial charge in [-0.15, -0.1) is 11.3 Å². The number of carboxylic acid groups (broad SMARTS) is 1. The number of carboxylic acids is 1. The molecule has 6 nitrogen and oxygen atoms in total. The van der Waals surface area contributed by atoms with Gasteiger partial charge in [0.15, 0.2) is 11.5 Å². The molecule has 0 aliphatic heterocycles. The third-order valence-electron chi connectivity index (χ3n) is 5.76. The third kappa shape index (κ3) is 2.78. The fraction of sp³-hybridized carbons (Fsp3) is 0.318. The number of aromatic carboxylic acids is 1. The first-order valence-electron chi connectivity index (χ1n) is 9.75. The van der Waals surface area contributed by atoms with Crippen LogP contribution in [-0.2, 0) is 6.42 Å². The second kappa shape index (κ2) is 6.77. The fourth-order valence-electron chi connectivity index (χ4n) is 4.19. The first kappa shape index (κ1) is 19.0. The van der Waals surface area contributed by atoms with Gasteiger partial charge in [-0.25, -0.2) is 9.18 Å². The number of ketones is 1. The monoisotopic (exact) mass is 427 g/mol. The number of halogens is 1. The first-order chi connectivity index (χ1) is 14.4. The molecule has 0 atom stereocenters. The quantitative estimate of drug-likeness (QED) is 0.666. The molecular weight excluding hydrogens is 409 g/mol. The fourth-order valence-corrected chi connectivity index (χ4v) is 5.46. The van der Waals surface area contributed by atoms with Crippen LogP contribution in [0.25, 0.3) is 21.3 Å². The summed E-state index contributed by atoms with van der Waals surface area (Å²) in [5.74, 6) is -1.77. The second-order valence-electron chi connectivity index (χ2n) is 7.70. The molecule has 2 aliphatic carbocycles. The Balaban J connectivity index is 1.85. The maximum Gasteiger partial charge on any atom is 0.341 e. The summed E-state index contributed by atoms with van der Waals surface area (Å²) in [5, 5.41) is 9.41. The zero-order valence-corrected chi connectivity index (χ0v) is 17.0. The van der Waals surface area contributed by atoms with E-state index < -0.39 is 17.2 Å². The maximum absolute atomic E-state index is 15.3.